The van der Waals surface area contributed by atoms with Gasteiger partial charge in [0.15, 0.2) is 0 Å². The fourth-order valence-electron chi connectivity index (χ4n) is 1.67. The van der Waals surface area contributed by atoms with Crippen LogP contribution < -0.4 is 10.1 Å². The van der Waals surface area contributed by atoms with Gasteiger partial charge in [-0.15, -0.1) is 0 Å². The number of nitrogens with one attached hydrogen (secondary N) is 1. The second-order valence-corrected chi connectivity index (χ2v) is 4.66. The van der Waals surface area contributed by atoms with Crippen molar-refractivity contribution in [1.82, 2.24) is 0 Å². The van der Waals surface area contributed by atoms with Crippen molar-refractivity contribution < 1.29 is 18.3 Å². The number of rotatable bonds is 5. The molecule has 0 aliphatic carbocycles. The first kappa shape index (κ1) is 16.0. The van der Waals surface area contributed by atoms with Gasteiger partial charge in [-0.3, -0.25) is 4.79 Å². The van der Waals surface area contributed by atoms with Crippen molar-refractivity contribution >= 4 is 29.3 Å². The predicted molar refractivity (Wildman–Crippen MR) is 82.2 cm³/mol. The molecular formula is C16H12ClF2NO2. The highest BCUT2D eigenvalue weighted by Gasteiger charge is 2.04. The number of amides is 1. The van der Waals surface area contributed by atoms with E-state index in [0.29, 0.717) is 16.3 Å². The monoisotopic (exact) mass is 323 g/mol. The maximum atomic E-state index is 12.0. The molecule has 0 saturated heterocycles. The SMILES string of the molecule is O=C(/C=C/c1ccc(OC(F)F)cc1)Nc1ccccc1Cl. The molecule has 0 heterocycles. The molecular weight excluding hydrogens is 312 g/mol. The van der Waals surface area contributed by atoms with Crippen LogP contribution in [0.15, 0.2) is 54.6 Å². The zero-order valence-electron chi connectivity index (χ0n) is 11.3. The molecule has 0 fully saturated rings. The number of carbonyl (C=O) groups excluding carboxylic acids is 1. The van der Waals surface area contributed by atoms with E-state index in [1.165, 1.54) is 18.2 Å². The van der Waals surface area contributed by atoms with Gasteiger partial charge in [-0.05, 0) is 35.9 Å². The summed E-state index contributed by atoms with van der Waals surface area (Å²) in [7, 11) is 0. The minimum Gasteiger partial charge on any atom is -0.435 e. The number of para-hydroxylation sites is 1. The molecule has 2 aromatic rings. The Labute approximate surface area is 131 Å². The zero-order chi connectivity index (χ0) is 15.9. The van der Waals surface area contributed by atoms with Crippen molar-refractivity contribution in [2.75, 3.05) is 5.32 Å². The van der Waals surface area contributed by atoms with Crippen LogP contribution in [0, 0.1) is 0 Å². The third-order valence-electron chi connectivity index (χ3n) is 2.66. The Bertz CT molecular complexity index is 672. The van der Waals surface area contributed by atoms with Crippen LogP contribution in [0.25, 0.3) is 6.08 Å². The summed E-state index contributed by atoms with van der Waals surface area (Å²) in [5.41, 5.74) is 1.19. The van der Waals surface area contributed by atoms with Crippen LogP contribution in [0.5, 0.6) is 5.75 Å². The van der Waals surface area contributed by atoms with Crippen molar-refractivity contribution in [2.45, 2.75) is 6.61 Å². The quantitative estimate of drug-likeness (QED) is 0.817. The van der Waals surface area contributed by atoms with Crippen molar-refractivity contribution in [3.05, 3.63) is 65.2 Å². The molecule has 0 aromatic heterocycles. The van der Waals surface area contributed by atoms with Crippen molar-refractivity contribution in [1.29, 1.82) is 0 Å². The summed E-state index contributed by atoms with van der Waals surface area (Å²) < 4.78 is 28.3. The number of ether oxygens (including phenoxy) is 1. The first-order valence-electron chi connectivity index (χ1n) is 6.33. The smallest absolute Gasteiger partial charge is 0.387 e. The van der Waals surface area contributed by atoms with Crippen LogP contribution in [0.4, 0.5) is 14.5 Å². The van der Waals surface area contributed by atoms with Crippen LogP contribution in [0.1, 0.15) is 5.56 Å². The van der Waals surface area contributed by atoms with E-state index in [1.807, 2.05) is 0 Å². The van der Waals surface area contributed by atoms with Crippen LogP contribution in [-0.2, 0) is 4.79 Å². The Morgan fingerprint density at radius 1 is 1.14 bits per heavy atom. The van der Waals surface area contributed by atoms with E-state index in [-0.39, 0.29) is 11.7 Å². The molecule has 2 rings (SSSR count). The molecule has 3 nitrogen and oxygen atoms in total. The normalized spacial score (nSPS) is 10.9. The molecule has 114 valence electrons. The fraction of sp³-hybridized carbons (Fsp3) is 0.0625. The Balaban J connectivity index is 1.96. The van der Waals surface area contributed by atoms with E-state index >= 15 is 0 Å². The summed E-state index contributed by atoms with van der Waals surface area (Å²) >= 11 is 5.93. The average molecular weight is 324 g/mol. The molecule has 22 heavy (non-hydrogen) atoms. The van der Waals surface area contributed by atoms with E-state index in [2.05, 4.69) is 10.1 Å². The highest BCUT2D eigenvalue weighted by Crippen LogP contribution is 2.20. The summed E-state index contributed by atoms with van der Waals surface area (Å²) in [6.45, 7) is -2.86. The van der Waals surface area contributed by atoms with Crippen molar-refractivity contribution in [3.8, 4) is 5.75 Å². The van der Waals surface area contributed by atoms with Crippen LogP contribution >= 0.6 is 11.6 Å². The molecule has 0 unspecified atom stereocenters. The van der Waals surface area contributed by atoms with Gasteiger partial charge in [-0.2, -0.15) is 8.78 Å². The summed E-state index contributed by atoms with van der Waals surface area (Å²) in [5, 5.41) is 3.08. The van der Waals surface area contributed by atoms with Crippen LogP contribution in [0.2, 0.25) is 5.02 Å². The number of alkyl halides is 2. The van der Waals surface area contributed by atoms with Gasteiger partial charge >= 0.3 is 6.61 Å². The van der Waals surface area contributed by atoms with Gasteiger partial charge < -0.3 is 10.1 Å². The molecule has 0 aliphatic heterocycles. The van der Waals surface area contributed by atoms with Crippen molar-refractivity contribution in [2.24, 2.45) is 0 Å². The molecule has 1 N–H and O–H groups in total. The number of hydrogen-bond acceptors (Lipinski definition) is 2. The fourth-order valence-corrected chi connectivity index (χ4v) is 1.85. The van der Waals surface area contributed by atoms with Crippen LogP contribution in [-0.4, -0.2) is 12.5 Å². The standard InChI is InChI=1S/C16H12ClF2NO2/c17-13-3-1-2-4-14(13)20-15(21)10-7-11-5-8-12(9-6-11)22-16(18)19/h1-10,16H,(H,20,21)/b10-7+. The Morgan fingerprint density at radius 3 is 2.45 bits per heavy atom. The Hall–Kier alpha value is -2.40. The highest BCUT2D eigenvalue weighted by atomic mass is 35.5. The van der Waals surface area contributed by atoms with Gasteiger partial charge in [0.25, 0.3) is 0 Å². The summed E-state index contributed by atoms with van der Waals surface area (Å²) in [6.07, 6.45) is 2.88. The van der Waals surface area contributed by atoms with Gasteiger partial charge in [-0.1, -0.05) is 35.9 Å². The molecule has 0 atom stereocenters. The van der Waals surface area contributed by atoms with Crippen LogP contribution in [0.3, 0.4) is 0 Å². The second-order valence-electron chi connectivity index (χ2n) is 4.25. The maximum Gasteiger partial charge on any atom is 0.387 e. The number of halogens is 3. The predicted octanol–water partition coefficient (Wildman–Crippen LogP) is 4.59. The number of benzene rings is 2. The lowest BCUT2D eigenvalue weighted by Crippen LogP contribution is -2.07. The highest BCUT2D eigenvalue weighted by molar-refractivity contribution is 6.33. The Kier molecular flexibility index (Phi) is 5.49. The molecule has 0 radical (unpaired) electrons. The van der Waals surface area contributed by atoms with E-state index in [1.54, 1.807) is 42.5 Å². The van der Waals surface area contributed by atoms with Gasteiger partial charge in [0, 0.05) is 6.08 Å². The lowest BCUT2D eigenvalue weighted by Gasteiger charge is -2.04. The zero-order valence-corrected chi connectivity index (χ0v) is 12.1. The van der Waals surface area contributed by atoms with E-state index in [9.17, 15) is 13.6 Å². The second kappa shape index (κ2) is 7.56. The first-order chi connectivity index (χ1) is 10.5. The average Bonchev–Trinajstić information content (AvgIpc) is 2.48. The van der Waals surface area contributed by atoms with Gasteiger partial charge in [0.2, 0.25) is 5.91 Å². The van der Waals surface area contributed by atoms with E-state index in [0.717, 1.165) is 0 Å². The minimum absolute atomic E-state index is 0.0627. The number of carbonyl (C=O) groups is 1. The number of hydrogen-bond donors (Lipinski definition) is 1. The maximum absolute atomic E-state index is 12.0. The van der Waals surface area contributed by atoms with Gasteiger partial charge in [-0.25, -0.2) is 0 Å². The molecule has 0 aliphatic rings. The van der Waals surface area contributed by atoms with E-state index in [4.69, 9.17) is 11.6 Å². The lowest BCUT2D eigenvalue weighted by molar-refractivity contribution is -0.111. The number of anilines is 1. The molecule has 2 aromatic carbocycles. The molecule has 0 spiro atoms. The molecule has 6 heteroatoms. The largest absolute Gasteiger partial charge is 0.435 e. The summed E-state index contributed by atoms with van der Waals surface area (Å²) in [5.74, 6) is -0.284. The first-order valence-corrected chi connectivity index (χ1v) is 6.71. The van der Waals surface area contributed by atoms with Gasteiger partial charge in [0.1, 0.15) is 5.75 Å². The molecule has 0 bridgehead atoms. The summed E-state index contributed by atoms with van der Waals surface area (Å²) in [6, 6.07) is 12.8. The molecule has 1 amide bonds. The van der Waals surface area contributed by atoms with Crippen molar-refractivity contribution in [3.63, 3.8) is 0 Å². The Morgan fingerprint density at radius 2 is 1.82 bits per heavy atom. The van der Waals surface area contributed by atoms with E-state index < -0.39 is 6.61 Å². The lowest BCUT2D eigenvalue weighted by atomic mass is 10.2. The topological polar surface area (TPSA) is 38.3 Å². The summed E-state index contributed by atoms with van der Waals surface area (Å²) in [4.78, 5) is 11.8. The third kappa shape index (κ3) is 4.86. The minimum atomic E-state index is -2.86. The van der Waals surface area contributed by atoms with Gasteiger partial charge in [0.05, 0.1) is 10.7 Å². The molecule has 0 saturated carbocycles. The third-order valence-corrected chi connectivity index (χ3v) is 2.99.